The van der Waals surface area contributed by atoms with E-state index in [1.807, 2.05) is 60.4 Å². The molecule has 0 spiro atoms. The van der Waals surface area contributed by atoms with E-state index in [-0.39, 0.29) is 35.3 Å². The van der Waals surface area contributed by atoms with Gasteiger partial charge in [-0.1, -0.05) is 30.0 Å². The van der Waals surface area contributed by atoms with Crippen LogP contribution < -0.4 is 25.6 Å². The maximum absolute atomic E-state index is 13.6. The number of carbonyl (C=O) groups is 2. The van der Waals surface area contributed by atoms with Crippen LogP contribution in [0.15, 0.2) is 59.1 Å². The van der Waals surface area contributed by atoms with Gasteiger partial charge in [0.1, 0.15) is 11.5 Å². The van der Waals surface area contributed by atoms with Crippen LogP contribution in [-0.2, 0) is 4.79 Å². The Morgan fingerprint density at radius 1 is 1.11 bits per heavy atom. The summed E-state index contributed by atoms with van der Waals surface area (Å²) in [5.41, 5.74) is 2.61. The Kier molecular flexibility index (Phi) is 6.84. The highest BCUT2D eigenvalue weighted by Gasteiger charge is 2.52. The summed E-state index contributed by atoms with van der Waals surface area (Å²) in [6.07, 6.45) is 4.01. The van der Waals surface area contributed by atoms with E-state index < -0.39 is 0 Å². The molecule has 0 bridgehead atoms. The average molecular weight is 534 g/mol. The number of carbonyl (C=O) groups excluding carboxylic acids is 2. The molecule has 2 aromatic rings. The monoisotopic (exact) mass is 533 g/mol. The second-order valence-corrected chi connectivity index (χ2v) is 12.0. The second kappa shape index (κ2) is 10.3. The van der Waals surface area contributed by atoms with E-state index in [1.54, 1.807) is 11.8 Å². The van der Waals surface area contributed by atoms with Gasteiger partial charge in [0.15, 0.2) is 0 Å². The number of thioether (sulfide) groups is 1. The van der Waals surface area contributed by atoms with Crippen molar-refractivity contribution in [2.24, 2.45) is 5.92 Å². The molecular weight excluding hydrogens is 498 g/mol. The van der Waals surface area contributed by atoms with E-state index in [1.165, 1.54) is 0 Å². The van der Waals surface area contributed by atoms with Crippen LogP contribution in [0.25, 0.3) is 0 Å². The van der Waals surface area contributed by atoms with Gasteiger partial charge in [0.2, 0.25) is 0 Å². The predicted molar refractivity (Wildman–Crippen MR) is 150 cm³/mol. The van der Waals surface area contributed by atoms with Crippen LogP contribution in [0.1, 0.15) is 31.2 Å². The molecule has 1 saturated carbocycles. The number of ether oxygens (including phenoxy) is 1. The van der Waals surface area contributed by atoms with E-state index >= 15 is 0 Å². The third-order valence-corrected chi connectivity index (χ3v) is 9.57. The van der Waals surface area contributed by atoms with Gasteiger partial charge >= 0.3 is 6.03 Å². The van der Waals surface area contributed by atoms with Gasteiger partial charge in [0, 0.05) is 29.4 Å². The first-order chi connectivity index (χ1) is 18.4. The quantitative estimate of drug-likeness (QED) is 0.517. The normalized spacial score (nSPS) is 28.4. The molecule has 9 heteroatoms. The molecular formula is C29H35N5O3S. The number of nitrogens with one attached hydrogen (secondary N) is 3. The largest absolute Gasteiger partial charge is 0.457 e. The summed E-state index contributed by atoms with van der Waals surface area (Å²) < 4.78 is 6.01. The van der Waals surface area contributed by atoms with Crippen molar-refractivity contribution in [1.29, 1.82) is 0 Å². The lowest BCUT2D eigenvalue weighted by Crippen LogP contribution is -2.62. The fourth-order valence-corrected chi connectivity index (χ4v) is 7.85. The number of rotatable bonds is 6. The van der Waals surface area contributed by atoms with Crippen LogP contribution >= 0.6 is 11.8 Å². The molecule has 8 nitrogen and oxygen atoms in total. The van der Waals surface area contributed by atoms with Gasteiger partial charge in [-0.05, 0) is 89.1 Å². The zero-order valence-corrected chi connectivity index (χ0v) is 22.9. The zero-order chi connectivity index (χ0) is 26.4. The van der Waals surface area contributed by atoms with E-state index in [0.29, 0.717) is 10.9 Å². The predicted octanol–water partition coefficient (Wildman–Crippen LogP) is 4.18. The molecule has 0 aromatic heterocycles. The number of benzene rings is 2. The van der Waals surface area contributed by atoms with Crippen LogP contribution in [0.3, 0.4) is 0 Å². The fourth-order valence-electron chi connectivity index (χ4n) is 6.45. The average Bonchev–Trinajstić information content (AvgIpc) is 3.51. The van der Waals surface area contributed by atoms with Gasteiger partial charge in [-0.3, -0.25) is 9.69 Å². The van der Waals surface area contributed by atoms with Crippen LogP contribution in [0.5, 0.6) is 11.5 Å². The summed E-state index contributed by atoms with van der Waals surface area (Å²) in [4.78, 5) is 31.8. The number of likely N-dealkylation sites (N-methyl/N-ethyl adjacent to an activating group) is 1. The summed E-state index contributed by atoms with van der Waals surface area (Å²) >= 11 is 1.56. The number of para-hydroxylation sites is 1. The molecule has 200 valence electrons. The van der Waals surface area contributed by atoms with Gasteiger partial charge in [-0.25, -0.2) is 4.79 Å². The van der Waals surface area contributed by atoms with E-state index in [9.17, 15) is 9.59 Å². The number of aryl methyl sites for hydroxylation is 1. The highest BCUT2D eigenvalue weighted by atomic mass is 32.2. The van der Waals surface area contributed by atoms with Crippen LogP contribution in [-0.4, -0.2) is 61.0 Å². The number of anilines is 1. The highest BCUT2D eigenvalue weighted by Crippen LogP contribution is 2.48. The molecule has 38 heavy (non-hydrogen) atoms. The van der Waals surface area contributed by atoms with Gasteiger partial charge in [-0.2, -0.15) is 0 Å². The third-order valence-electron chi connectivity index (χ3n) is 8.21. The zero-order valence-electron chi connectivity index (χ0n) is 22.1. The molecule has 2 saturated heterocycles. The lowest BCUT2D eigenvalue weighted by Gasteiger charge is -2.46. The summed E-state index contributed by atoms with van der Waals surface area (Å²) in [6, 6.07) is 15.8. The fraction of sp³-hybridized carbons (Fsp3) is 0.448. The third kappa shape index (κ3) is 4.57. The van der Waals surface area contributed by atoms with E-state index in [0.717, 1.165) is 60.7 Å². The first-order valence-corrected chi connectivity index (χ1v) is 14.3. The Balaban J connectivity index is 1.25. The van der Waals surface area contributed by atoms with Crippen LogP contribution in [0.2, 0.25) is 0 Å². The maximum Gasteiger partial charge on any atom is 0.326 e. The summed E-state index contributed by atoms with van der Waals surface area (Å²) in [5, 5.41) is 10.1. The summed E-state index contributed by atoms with van der Waals surface area (Å²) in [7, 11) is 4.14. The Morgan fingerprint density at radius 2 is 1.92 bits per heavy atom. The van der Waals surface area contributed by atoms with Crippen molar-refractivity contribution in [3.63, 3.8) is 0 Å². The van der Waals surface area contributed by atoms with Crippen molar-refractivity contribution in [3.8, 4) is 11.5 Å². The Hall–Kier alpha value is -3.01. The standard InChI is InChI=1S/C29H35N5O3S/c1-17-16-19(37-18-8-5-4-6-9-18)12-13-21(17)34-23-14-15-30-28-24(23)25(32-29(34)36)26(38-28)27(35)31-20-10-7-11-22(20)33(2)3/h4-6,8-9,12-13,16,20,22-24,28,30H,7,10-11,14-15H2,1-3H3,(H,31,35)(H,32,36)/t20-,22-,23?,24?,28?/m1/s1. The smallest absolute Gasteiger partial charge is 0.326 e. The molecule has 2 aromatic carbocycles. The molecule has 3 amide bonds. The lowest BCUT2D eigenvalue weighted by molar-refractivity contribution is -0.117. The van der Waals surface area contributed by atoms with Gasteiger partial charge < -0.3 is 25.6 Å². The molecule has 5 atom stereocenters. The number of piperidine rings is 1. The number of hydrogen-bond acceptors (Lipinski definition) is 6. The molecule has 0 radical (unpaired) electrons. The molecule has 3 unspecified atom stereocenters. The van der Waals surface area contributed by atoms with E-state index in [2.05, 4.69) is 34.9 Å². The number of urea groups is 1. The topological polar surface area (TPSA) is 85.9 Å². The second-order valence-electron chi connectivity index (χ2n) is 10.8. The molecule has 3 heterocycles. The SMILES string of the molecule is Cc1cc(Oc2ccccc2)ccc1N1C(=O)NC2=C(C(=O)N[C@@H]3CCC[C@H]3N(C)C)SC3NCCC1C23. The van der Waals surface area contributed by atoms with Crippen molar-refractivity contribution in [2.75, 3.05) is 25.5 Å². The Labute approximate surface area is 228 Å². The van der Waals surface area contributed by atoms with Crippen LogP contribution in [0.4, 0.5) is 10.5 Å². The van der Waals surface area contributed by atoms with E-state index in [4.69, 9.17) is 4.74 Å². The van der Waals surface area contributed by atoms with Crippen molar-refractivity contribution in [3.05, 3.63) is 64.7 Å². The minimum Gasteiger partial charge on any atom is -0.457 e. The van der Waals surface area contributed by atoms with Crippen LogP contribution in [0, 0.1) is 12.8 Å². The maximum atomic E-state index is 13.6. The first kappa shape index (κ1) is 25.3. The number of hydrogen-bond donors (Lipinski definition) is 3. The van der Waals surface area contributed by atoms with Crippen molar-refractivity contribution in [2.45, 2.75) is 56.1 Å². The first-order valence-electron chi connectivity index (χ1n) is 13.5. The number of amides is 3. The van der Waals surface area contributed by atoms with Gasteiger partial charge in [0.25, 0.3) is 5.91 Å². The van der Waals surface area contributed by atoms with Crippen molar-refractivity contribution >= 4 is 29.4 Å². The van der Waals surface area contributed by atoms with Crippen molar-refractivity contribution < 1.29 is 14.3 Å². The molecule has 3 N–H and O–H groups in total. The number of nitrogens with zero attached hydrogens (tertiary/aromatic N) is 2. The minimum absolute atomic E-state index is 0.0246. The molecule has 3 fully saturated rings. The molecule has 4 aliphatic rings. The summed E-state index contributed by atoms with van der Waals surface area (Å²) in [5.74, 6) is 1.47. The van der Waals surface area contributed by atoms with Gasteiger partial charge in [0.05, 0.1) is 16.3 Å². The lowest BCUT2D eigenvalue weighted by atomic mass is 9.86. The molecule has 1 aliphatic carbocycles. The minimum atomic E-state index is -0.179. The molecule has 6 rings (SSSR count). The van der Waals surface area contributed by atoms with Gasteiger partial charge in [-0.15, -0.1) is 0 Å². The van der Waals surface area contributed by atoms with Crippen molar-refractivity contribution in [1.82, 2.24) is 20.9 Å². The molecule has 3 aliphatic heterocycles. The Bertz CT molecular complexity index is 1270. The Morgan fingerprint density at radius 3 is 2.68 bits per heavy atom. The highest BCUT2D eigenvalue weighted by molar-refractivity contribution is 8.04. The summed E-state index contributed by atoms with van der Waals surface area (Å²) in [6.45, 7) is 2.81.